The minimum absolute atomic E-state index is 0.0212. The molecule has 2 aliphatic rings. The number of halogens is 1. The van der Waals surface area contributed by atoms with Gasteiger partial charge in [0.05, 0.1) is 6.04 Å². The molecule has 7 heteroatoms. The molecule has 3 rings (SSSR count). The zero-order valence-electron chi connectivity index (χ0n) is 21.2. The molecule has 0 saturated carbocycles. The second-order valence-corrected chi connectivity index (χ2v) is 16.0. The normalized spacial score (nSPS) is 22.7. The molecule has 1 aromatic carbocycles. The maximum atomic E-state index is 13.6. The van der Waals surface area contributed by atoms with Gasteiger partial charge in [-0.1, -0.05) is 56.4 Å². The van der Waals surface area contributed by atoms with Gasteiger partial charge in [-0.3, -0.25) is 9.59 Å². The smallest absolute Gasteiger partial charge is 0.240 e. The Kier molecular flexibility index (Phi) is 10.2. The number of fused-ring (bicyclic) bond motifs is 2. The monoisotopic (exact) mass is 492 g/mol. The van der Waals surface area contributed by atoms with Gasteiger partial charge in [0.2, 0.25) is 11.8 Å². The van der Waals surface area contributed by atoms with Gasteiger partial charge in [0.1, 0.15) is 5.41 Å². The summed E-state index contributed by atoms with van der Waals surface area (Å²) < 4.78 is 4.95. The molecule has 1 N–H and O–H groups in total. The zero-order chi connectivity index (χ0) is 24.6. The summed E-state index contributed by atoms with van der Waals surface area (Å²) in [4.78, 5) is 27.6. The number of allylic oxidation sites excluding steroid dienone is 1. The molecule has 2 aliphatic heterocycles. The third-order valence-electron chi connectivity index (χ3n) is 6.57. The Labute approximate surface area is 205 Å². The van der Waals surface area contributed by atoms with Crippen LogP contribution in [-0.4, -0.2) is 52.1 Å². The molecule has 1 spiro atoms. The Bertz CT molecular complexity index is 852. The molecular weight excluding hydrogens is 452 g/mol. The molecule has 2 unspecified atom stereocenters. The summed E-state index contributed by atoms with van der Waals surface area (Å²) in [5.41, 5.74) is 2.40. The molecule has 0 aliphatic carbocycles. The van der Waals surface area contributed by atoms with Gasteiger partial charge in [0, 0.05) is 46.3 Å². The highest BCUT2D eigenvalue weighted by atomic mass is 35.5. The van der Waals surface area contributed by atoms with E-state index in [1.807, 2.05) is 42.2 Å². The number of para-hydroxylation sites is 1. The van der Waals surface area contributed by atoms with Crippen molar-refractivity contribution in [3.05, 3.63) is 41.5 Å². The van der Waals surface area contributed by atoms with Crippen LogP contribution in [0.5, 0.6) is 0 Å². The largest absolute Gasteiger partial charge is 0.385 e. The van der Waals surface area contributed by atoms with E-state index in [1.54, 1.807) is 7.11 Å². The summed E-state index contributed by atoms with van der Waals surface area (Å²) in [5, 5.41) is 3.12. The molecule has 0 aromatic heterocycles. The molecule has 2 heterocycles. The highest BCUT2D eigenvalue weighted by Crippen LogP contribution is 2.50. The molecule has 33 heavy (non-hydrogen) atoms. The third-order valence-corrected chi connectivity index (χ3v) is 8.54. The second-order valence-electron chi connectivity index (χ2n) is 10.0. The molecular formula is C26H41ClN2O3Si. The molecule has 184 valence electrons. The fraction of sp³-hybridized carbons (Fsp3) is 0.615. The predicted molar refractivity (Wildman–Crippen MR) is 141 cm³/mol. The maximum Gasteiger partial charge on any atom is 0.240 e. The first-order valence-electron chi connectivity index (χ1n) is 12.1. The van der Waals surface area contributed by atoms with Crippen molar-refractivity contribution in [1.29, 1.82) is 0 Å². The molecule has 5 nitrogen and oxygen atoms in total. The van der Waals surface area contributed by atoms with Crippen molar-refractivity contribution < 1.29 is 14.3 Å². The van der Waals surface area contributed by atoms with Crippen molar-refractivity contribution in [2.45, 2.75) is 76.7 Å². The highest BCUT2D eigenvalue weighted by molar-refractivity contribution is 6.76. The Morgan fingerprint density at radius 3 is 2.55 bits per heavy atom. The van der Waals surface area contributed by atoms with Crippen LogP contribution in [0.4, 0.5) is 5.69 Å². The first-order chi connectivity index (χ1) is 15.7. The number of alkyl halides is 1. The number of carbonyl (C=O) groups excluding carboxylic acids is 2. The SMILES string of the molecule is CC=C(CC)C1NC(=O)CCC12C(=O)N(CCCCl)c1ccccc12.COCC[Si](C)(C)C. The average molecular weight is 493 g/mol. The number of benzene rings is 1. The van der Waals surface area contributed by atoms with E-state index in [1.165, 1.54) is 6.04 Å². The lowest BCUT2D eigenvalue weighted by Gasteiger charge is -2.42. The van der Waals surface area contributed by atoms with Crippen LogP contribution in [0.3, 0.4) is 0 Å². The van der Waals surface area contributed by atoms with Crippen LogP contribution in [0.1, 0.15) is 45.1 Å². The Hall–Kier alpha value is -1.63. The van der Waals surface area contributed by atoms with Crippen molar-refractivity contribution in [2.24, 2.45) is 0 Å². The number of nitrogens with zero attached hydrogens (tertiary/aromatic N) is 1. The van der Waals surface area contributed by atoms with Crippen molar-refractivity contribution >= 4 is 37.2 Å². The van der Waals surface area contributed by atoms with E-state index < -0.39 is 13.5 Å². The number of ether oxygens (including phenoxy) is 1. The number of hydrogen-bond acceptors (Lipinski definition) is 3. The standard InChI is InChI=1S/C20H25ClN2O2.C6H16OSi/c1-3-14(4-2)18-20(11-10-17(24)22-18)15-8-5-6-9-16(15)23(19(20)25)13-7-12-21;1-7-5-6-8(2,3)4/h3,5-6,8-9,18H,4,7,10-13H2,1-2H3,(H,22,24);5-6H2,1-4H3. The molecule has 0 bridgehead atoms. The number of hydrogen-bond donors (Lipinski definition) is 1. The minimum Gasteiger partial charge on any atom is -0.385 e. The van der Waals surface area contributed by atoms with E-state index >= 15 is 0 Å². The number of anilines is 1. The van der Waals surface area contributed by atoms with E-state index in [4.69, 9.17) is 16.3 Å². The second kappa shape index (κ2) is 12.2. The fourth-order valence-electron chi connectivity index (χ4n) is 4.72. The van der Waals surface area contributed by atoms with Crippen LogP contribution in [0.25, 0.3) is 0 Å². The summed E-state index contributed by atoms with van der Waals surface area (Å²) in [6, 6.07) is 8.99. The number of carbonyl (C=O) groups is 2. The van der Waals surface area contributed by atoms with Gasteiger partial charge < -0.3 is 15.0 Å². The Morgan fingerprint density at radius 2 is 2.00 bits per heavy atom. The van der Waals surface area contributed by atoms with Gasteiger partial charge in [-0.25, -0.2) is 0 Å². The van der Waals surface area contributed by atoms with Crippen molar-refractivity contribution in [3.8, 4) is 0 Å². The van der Waals surface area contributed by atoms with E-state index in [9.17, 15) is 9.59 Å². The number of piperidine rings is 1. The van der Waals surface area contributed by atoms with Crippen molar-refractivity contribution in [3.63, 3.8) is 0 Å². The first-order valence-corrected chi connectivity index (χ1v) is 16.3. The van der Waals surface area contributed by atoms with E-state index in [0.29, 0.717) is 25.3 Å². The predicted octanol–water partition coefficient (Wildman–Crippen LogP) is 5.51. The lowest BCUT2D eigenvalue weighted by atomic mass is 9.67. The lowest BCUT2D eigenvalue weighted by molar-refractivity contribution is -0.130. The molecule has 0 radical (unpaired) electrons. The number of nitrogens with one attached hydrogen (secondary N) is 1. The van der Waals surface area contributed by atoms with E-state index in [-0.39, 0.29) is 17.9 Å². The van der Waals surface area contributed by atoms with Gasteiger partial charge in [0.25, 0.3) is 0 Å². The lowest BCUT2D eigenvalue weighted by Crippen LogP contribution is -2.60. The van der Waals surface area contributed by atoms with Gasteiger partial charge in [0.15, 0.2) is 0 Å². The quantitative estimate of drug-likeness (QED) is 0.296. The van der Waals surface area contributed by atoms with Crippen LogP contribution < -0.4 is 10.2 Å². The van der Waals surface area contributed by atoms with Crippen LogP contribution in [-0.2, 0) is 19.7 Å². The van der Waals surface area contributed by atoms with Gasteiger partial charge in [-0.15, -0.1) is 11.6 Å². The van der Waals surface area contributed by atoms with Gasteiger partial charge >= 0.3 is 0 Å². The van der Waals surface area contributed by atoms with E-state index in [0.717, 1.165) is 36.3 Å². The fourth-order valence-corrected chi connectivity index (χ4v) is 5.65. The summed E-state index contributed by atoms with van der Waals surface area (Å²) in [7, 11) is 0.961. The molecule has 2 amide bonds. The highest BCUT2D eigenvalue weighted by Gasteiger charge is 2.57. The third kappa shape index (κ3) is 6.28. The van der Waals surface area contributed by atoms with Crippen LogP contribution in [0.2, 0.25) is 25.7 Å². The molecule has 2 atom stereocenters. The average Bonchev–Trinajstić information content (AvgIpc) is 3.02. The van der Waals surface area contributed by atoms with Crippen molar-refractivity contribution in [1.82, 2.24) is 5.32 Å². The summed E-state index contributed by atoms with van der Waals surface area (Å²) in [6.45, 7) is 12.7. The molecule has 1 aromatic rings. The minimum atomic E-state index is -0.803. The van der Waals surface area contributed by atoms with Gasteiger partial charge in [-0.05, 0) is 43.9 Å². The summed E-state index contributed by atoms with van der Waals surface area (Å²) in [5.74, 6) is 0.637. The Morgan fingerprint density at radius 1 is 1.30 bits per heavy atom. The molecule has 1 fully saturated rings. The topological polar surface area (TPSA) is 58.6 Å². The molecule has 1 saturated heterocycles. The zero-order valence-corrected chi connectivity index (χ0v) is 22.9. The number of rotatable bonds is 8. The number of amides is 2. The summed E-state index contributed by atoms with van der Waals surface area (Å²) >= 11 is 5.87. The van der Waals surface area contributed by atoms with Crippen LogP contribution >= 0.6 is 11.6 Å². The number of methoxy groups -OCH3 is 1. The Balaban J connectivity index is 0.000000414. The first kappa shape index (κ1) is 27.6. The summed E-state index contributed by atoms with van der Waals surface area (Å²) in [6.07, 6.45) is 4.52. The van der Waals surface area contributed by atoms with E-state index in [2.05, 4.69) is 31.9 Å². The maximum absolute atomic E-state index is 13.6. The van der Waals surface area contributed by atoms with Gasteiger partial charge in [-0.2, -0.15) is 0 Å². The van der Waals surface area contributed by atoms with Crippen LogP contribution in [0.15, 0.2) is 35.9 Å². The van der Waals surface area contributed by atoms with Crippen molar-refractivity contribution in [2.75, 3.05) is 31.0 Å². The van der Waals surface area contributed by atoms with Crippen LogP contribution in [0, 0.1) is 0 Å².